The molecule has 0 aromatic heterocycles. The van der Waals surface area contributed by atoms with Gasteiger partial charge >= 0.3 is 0 Å². The summed E-state index contributed by atoms with van der Waals surface area (Å²) in [5, 5.41) is 2.60. The van der Waals surface area contributed by atoms with Crippen LogP contribution in [0.5, 0.6) is 0 Å². The fourth-order valence-corrected chi connectivity index (χ4v) is 5.45. The van der Waals surface area contributed by atoms with Crippen LogP contribution in [0.3, 0.4) is 0 Å². The Bertz CT molecular complexity index is 1360. The molecular weight excluding hydrogens is 420 g/mol. The summed E-state index contributed by atoms with van der Waals surface area (Å²) in [6, 6.07) is 23.0. The molecule has 1 heterocycles. The van der Waals surface area contributed by atoms with Crippen molar-refractivity contribution in [2.75, 3.05) is 0 Å². The van der Waals surface area contributed by atoms with E-state index < -0.39 is 19.9 Å². The molecule has 0 saturated carbocycles. The van der Waals surface area contributed by atoms with Crippen molar-refractivity contribution in [2.24, 2.45) is 4.40 Å². The molecule has 0 bridgehead atoms. The summed E-state index contributed by atoms with van der Waals surface area (Å²) in [4.78, 5) is 0.149. The molecule has 6 nitrogen and oxygen atoms in total. The first-order chi connectivity index (χ1) is 14.3. The van der Waals surface area contributed by atoms with Crippen molar-refractivity contribution in [1.29, 1.82) is 0 Å². The zero-order chi connectivity index (χ0) is 21.4. The van der Waals surface area contributed by atoms with Gasteiger partial charge in [0, 0.05) is 0 Å². The number of benzene rings is 3. The Balaban J connectivity index is 1.86. The van der Waals surface area contributed by atoms with Crippen LogP contribution in [0.2, 0.25) is 0 Å². The molecule has 152 valence electrons. The van der Waals surface area contributed by atoms with E-state index in [1.807, 2.05) is 6.92 Å². The van der Waals surface area contributed by atoms with E-state index >= 15 is 0 Å². The van der Waals surface area contributed by atoms with Crippen molar-refractivity contribution in [3.05, 3.63) is 101 Å². The van der Waals surface area contributed by atoms with Crippen LogP contribution in [0.15, 0.2) is 104 Å². The van der Waals surface area contributed by atoms with Gasteiger partial charge in [-0.25, -0.2) is 8.42 Å². The van der Waals surface area contributed by atoms with Crippen molar-refractivity contribution in [2.45, 2.75) is 16.7 Å². The second-order valence-electron chi connectivity index (χ2n) is 6.74. The highest BCUT2D eigenvalue weighted by Crippen LogP contribution is 2.34. The Morgan fingerprint density at radius 3 is 1.87 bits per heavy atom. The first-order valence-corrected chi connectivity index (χ1v) is 12.0. The predicted octanol–water partition coefficient (Wildman–Crippen LogP) is 3.53. The predicted molar refractivity (Wildman–Crippen MR) is 116 cm³/mol. The Hall–Kier alpha value is -3.23. The number of rotatable bonds is 5. The summed E-state index contributed by atoms with van der Waals surface area (Å²) >= 11 is 0. The van der Waals surface area contributed by atoms with Gasteiger partial charge in [-0.1, -0.05) is 66.2 Å². The highest BCUT2D eigenvalue weighted by Gasteiger charge is 2.37. The second kappa shape index (κ2) is 7.55. The van der Waals surface area contributed by atoms with Gasteiger partial charge in [0.25, 0.3) is 10.0 Å². The van der Waals surface area contributed by atoms with Gasteiger partial charge in [0.2, 0.25) is 9.84 Å². The van der Waals surface area contributed by atoms with Gasteiger partial charge in [-0.15, -0.1) is 4.40 Å². The fraction of sp³-hybridized carbons (Fsp3) is 0.0455. The average Bonchev–Trinajstić information content (AvgIpc) is 2.72. The lowest BCUT2D eigenvalue weighted by molar-refractivity contribution is 0.595. The van der Waals surface area contributed by atoms with Gasteiger partial charge in [-0.3, -0.25) is 0 Å². The molecule has 0 atom stereocenters. The van der Waals surface area contributed by atoms with Crippen LogP contribution in [-0.4, -0.2) is 22.7 Å². The lowest BCUT2D eigenvalue weighted by Gasteiger charge is -2.27. The summed E-state index contributed by atoms with van der Waals surface area (Å²) in [6.07, 6.45) is 0. The molecule has 1 aliphatic heterocycles. The van der Waals surface area contributed by atoms with Gasteiger partial charge < -0.3 is 5.32 Å². The maximum absolute atomic E-state index is 13.2. The van der Waals surface area contributed by atoms with Crippen LogP contribution in [0.1, 0.15) is 11.1 Å². The number of sulfone groups is 1. The molecular formula is C22H18N2O4S2. The normalized spacial score (nSPS) is 15.6. The van der Waals surface area contributed by atoms with Crippen molar-refractivity contribution in [3.63, 3.8) is 0 Å². The maximum atomic E-state index is 13.2. The lowest BCUT2D eigenvalue weighted by atomic mass is 10.0. The first kappa shape index (κ1) is 20.1. The minimum Gasteiger partial charge on any atom is -0.329 e. The molecule has 1 aliphatic rings. The van der Waals surface area contributed by atoms with Gasteiger partial charge in [-0.2, -0.15) is 8.42 Å². The molecule has 4 rings (SSSR count). The number of sulfonamides is 1. The Labute approximate surface area is 175 Å². The molecule has 0 unspecified atom stereocenters. The third kappa shape index (κ3) is 3.67. The van der Waals surface area contributed by atoms with Crippen LogP contribution >= 0.6 is 0 Å². The van der Waals surface area contributed by atoms with E-state index in [4.69, 9.17) is 0 Å². The number of hydrogen-bond donors (Lipinski definition) is 1. The molecule has 0 spiro atoms. The van der Waals surface area contributed by atoms with Crippen LogP contribution in [0, 0.1) is 6.92 Å². The SMILES string of the molecule is Cc1ccc(S(=O)(=O)C2=C(c3ccccc3)/C(=N/S(=O)(=O)c3ccccc3)N2)cc1. The first-order valence-electron chi connectivity index (χ1n) is 9.08. The quantitative estimate of drug-likeness (QED) is 0.658. The van der Waals surface area contributed by atoms with E-state index in [9.17, 15) is 16.8 Å². The molecule has 1 N–H and O–H groups in total. The Kier molecular flexibility index (Phi) is 5.05. The van der Waals surface area contributed by atoms with E-state index in [1.54, 1.807) is 60.7 Å². The van der Waals surface area contributed by atoms with Crippen LogP contribution in [0.25, 0.3) is 5.57 Å². The monoisotopic (exact) mass is 438 g/mol. The Morgan fingerprint density at radius 1 is 0.700 bits per heavy atom. The summed E-state index contributed by atoms with van der Waals surface area (Å²) in [6.45, 7) is 1.87. The van der Waals surface area contributed by atoms with E-state index in [0.29, 0.717) is 5.56 Å². The molecule has 0 aliphatic carbocycles. The van der Waals surface area contributed by atoms with Crippen LogP contribution in [0.4, 0.5) is 0 Å². The van der Waals surface area contributed by atoms with Crippen LogP contribution in [-0.2, 0) is 19.9 Å². The largest absolute Gasteiger partial charge is 0.329 e. The second-order valence-corrected chi connectivity index (χ2v) is 10.2. The van der Waals surface area contributed by atoms with Gasteiger partial charge in [0.05, 0.1) is 15.4 Å². The fourth-order valence-electron chi connectivity index (χ4n) is 3.02. The topological polar surface area (TPSA) is 92.7 Å². The molecule has 0 amide bonds. The number of hydrogen-bond acceptors (Lipinski definition) is 4. The number of amidine groups is 1. The molecule has 3 aromatic rings. The highest BCUT2D eigenvalue weighted by atomic mass is 32.2. The zero-order valence-corrected chi connectivity index (χ0v) is 17.6. The Morgan fingerprint density at radius 2 is 1.27 bits per heavy atom. The van der Waals surface area contributed by atoms with Crippen molar-refractivity contribution in [1.82, 2.24) is 5.32 Å². The minimum absolute atomic E-state index is 0.00394. The minimum atomic E-state index is -4.00. The average molecular weight is 439 g/mol. The van der Waals surface area contributed by atoms with Crippen molar-refractivity contribution >= 4 is 31.3 Å². The smallest absolute Gasteiger partial charge is 0.284 e. The highest BCUT2D eigenvalue weighted by molar-refractivity contribution is 7.95. The third-order valence-corrected chi connectivity index (χ3v) is 7.64. The number of nitrogens with zero attached hydrogens (tertiary/aromatic N) is 1. The molecule has 0 fully saturated rings. The summed E-state index contributed by atoms with van der Waals surface area (Å²) in [7, 11) is -7.88. The summed E-state index contributed by atoms with van der Waals surface area (Å²) < 4.78 is 55.6. The number of aryl methyl sites for hydroxylation is 1. The molecule has 30 heavy (non-hydrogen) atoms. The lowest BCUT2D eigenvalue weighted by Crippen LogP contribution is -2.41. The molecule has 0 radical (unpaired) electrons. The van der Waals surface area contributed by atoms with E-state index in [0.717, 1.165) is 5.56 Å². The molecule has 8 heteroatoms. The third-order valence-electron chi connectivity index (χ3n) is 4.61. The van der Waals surface area contributed by atoms with Crippen LogP contribution < -0.4 is 5.32 Å². The van der Waals surface area contributed by atoms with E-state index in [2.05, 4.69) is 9.71 Å². The zero-order valence-electron chi connectivity index (χ0n) is 16.0. The number of nitrogens with one attached hydrogen (secondary N) is 1. The van der Waals surface area contributed by atoms with Gasteiger partial charge in [0.15, 0.2) is 10.9 Å². The standard InChI is InChI=1S/C22H18N2O4S2/c1-16-12-14-18(15-13-16)29(25,26)22-20(17-8-4-2-5-9-17)21(23-22)24-30(27,28)19-10-6-3-7-11-19/h2-15H,1H3,(H,23,24). The van der Waals surface area contributed by atoms with Gasteiger partial charge in [-0.05, 0) is 36.8 Å². The molecule has 0 saturated heterocycles. The van der Waals surface area contributed by atoms with E-state index in [-0.39, 0.29) is 26.2 Å². The van der Waals surface area contributed by atoms with Crippen molar-refractivity contribution < 1.29 is 16.8 Å². The van der Waals surface area contributed by atoms with E-state index in [1.165, 1.54) is 24.3 Å². The summed E-state index contributed by atoms with van der Waals surface area (Å²) in [5.41, 5.74) is 1.74. The summed E-state index contributed by atoms with van der Waals surface area (Å²) in [5.74, 6) is -0.00394. The maximum Gasteiger partial charge on any atom is 0.284 e. The molecule has 3 aromatic carbocycles. The van der Waals surface area contributed by atoms with Crippen molar-refractivity contribution in [3.8, 4) is 0 Å². The van der Waals surface area contributed by atoms with Gasteiger partial charge in [0.1, 0.15) is 0 Å².